The Morgan fingerprint density at radius 2 is 1.77 bits per heavy atom. The molecule has 0 aliphatic carbocycles. The number of unbranched alkanes of at least 4 members (excludes halogenated alkanes) is 5. The van der Waals surface area contributed by atoms with Gasteiger partial charge in [0.2, 0.25) is 0 Å². The van der Waals surface area contributed by atoms with Crippen molar-refractivity contribution in [3.8, 4) is 0 Å². The molecule has 0 saturated carbocycles. The number of hydrogen-bond donors (Lipinski definition) is 0. The zero-order valence-corrected chi connectivity index (χ0v) is 8.16. The van der Waals surface area contributed by atoms with Crippen LogP contribution >= 0.6 is 0 Å². The summed E-state index contributed by atoms with van der Waals surface area (Å²) in [6, 6.07) is 0. The van der Waals surface area contributed by atoms with Crippen molar-refractivity contribution in [1.82, 2.24) is 0 Å². The van der Waals surface area contributed by atoms with E-state index in [-0.39, 0.29) is 6.47 Å². The maximum Gasteiger partial charge on any atom is 0.334 e. The average Bonchev–Trinajstić information content (AvgIpc) is 2.16. The molecule has 0 spiro atoms. The van der Waals surface area contributed by atoms with Gasteiger partial charge in [-0.15, -0.1) is 0 Å². The highest BCUT2D eigenvalue weighted by Crippen LogP contribution is 2.04. The maximum absolute atomic E-state index is 9.58. The highest BCUT2D eigenvalue weighted by Gasteiger charge is 1.91. The van der Waals surface area contributed by atoms with Crippen LogP contribution in [0.2, 0.25) is 0 Å². The molecule has 0 bridgehead atoms. The van der Waals surface area contributed by atoms with Crippen LogP contribution in [-0.4, -0.2) is 13.1 Å². The van der Waals surface area contributed by atoms with Gasteiger partial charge in [0.25, 0.3) is 0 Å². The van der Waals surface area contributed by atoms with Gasteiger partial charge < -0.3 is 0 Å². The van der Waals surface area contributed by atoms with Gasteiger partial charge in [-0.05, 0) is 11.5 Å². The molecule has 0 fully saturated rings. The third-order valence-electron chi connectivity index (χ3n) is 1.71. The number of carbonyl (C=O) groups is 1. The summed E-state index contributed by atoms with van der Waals surface area (Å²) in [5.74, 6) is 0. The van der Waals surface area contributed by atoms with Crippen LogP contribution in [0.1, 0.15) is 45.4 Å². The van der Waals surface area contributed by atoms with Crippen molar-refractivity contribution in [2.75, 3.05) is 6.61 Å². The summed E-state index contributed by atoms with van der Waals surface area (Å²) in [6.45, 7) is 2.84. The lowest BCUT2D eigenvalue weighted by molar-refractivity contribution is -0.481. The fourth-order valence-corrected chi connectivity index (χ4v) is 1.02. The molecule has 0 atom stereocenters. The molecule has 0 N–H and O–H groups in total. The van der Waals surface area contributed by atoms with Gasteiger partial charge in [0.1, 0.15) is 0 Å². The Bertz CT molecular complexity index is 106. The zero-order valence-electron chi connectivity index (χ0n) is 8.16. The van der Waals surface area contributed by atoms with Crippen LogP contribution in [0.5, 0.6) is 0 Å². The van der Waals surface area contributed by atoms with Gasteiger partial charge in [-0.25, -0.2) is 0 Å². The zero-order chi connectivity index (χ0) is 9.78. The molecular formula is C9H18O4. The molecule has 0 aliphatic rings. The second-order valence-electron chi connectivity index (χ2n) is 2.85. The van der Waals surface area contributed by atoms with Gasteiger partial charge in [-0.1, -0.05) is 39.0 Å². The molecule has 4 heteroatoms. The first-order valence-electron chi connectivity index (χ1n) is 4.80. The highest BCUT2D eigenvalue weighted by atomic mass is 17.5. The minimum Gasteiger partial charge on any atom is -0.272 e. The van der Waals surface area contributed by atoms with Crippen molar-refractivity contribution < 1.29 is 19.6 Å². The van der Waals surface area contributed by atoms with Crippen LogP contribution < -0.4 is 0 Å². The van der Waals surface area contributed by atoms with E-state index in [1.54, 1.807) is 0 Å². The van der Waals surface area contributed by atoms with Crippen molar-refractivity contribution in [3.05, 3.63) is 0 Å². The van der Waals surface area contributed by atoms with Gasteiger partial charge in [0.05, 0.1) is 6.61 Å². The standard InChI is InChI=1S/C9H18O4/c1-2-3-4-5-6-7-8-11-13-12-9-10/h9H,2-8H2,1H3. The second-order valence-corrected chi connectivity index (χ2v) is 2.85. The average molecular weight is 190 g/mol. The minimum atomic E-state index is 0.182. The second kappa shape index (κ2) is 11.4. The van der Waals surface area contributed by atoms with Gasteiger partial charge in [-0.3, -0.25) is 9.68 Å². The van der Waals surface area contributed by atoms with Gasteiger partial charge >= 0.3 is 6.47 Å². The molecule has 0 saturated heterocycles. The predicted octanol–water partition coefficient (Wildman–Crippen LogP) is 2.38. The third kappa shape index (κ3) is 11.4. The molecule has 0 aromatic heterocycles. The smallest absolute Gasteiger partial charge is 0.272 e. The van der Waals surface area contributed by atoms with Crippen molar-refractivity contribution in [2.45, 2.75) is 45.4 Å². The predicted molar refractivity (Wildman–Crippen MR) is 47.6 cm³/mol. The minimum absolute atomic E-state index is 0.182. The Kier molecular flexibility index (Phi) is 10.9. The summed E-state index contributed by atoms with van der Waals surface area (Å²) in [5.41, 5.74) is 0. The molecule has 0 aromatic rings. The Morgan fingerprint density at radius 3 is 2.46 bits per heavy atom. The van der Waals surface area contributed by atoms with Crippen molar-refractivity contribution in [3.63, 3.8) is 0 Å². The molecule has 0 rings (SSSR count). The van der Waals surface area contributed by atoms with Gasteiger partial charge in [0.15, 0.2) is 0 Å². The van der Waals surface area contributed by atoms with E-state index in [9.17, 15) is 4.79 Å². The maximum atomic E-state index is 9.58. The molecule has 13 heavy (non-hydrogen) atoms. The van der Waals surface area contributed by atoms with E-state index in [4.69, 9.17) is 0 Å². The Labute approximate surface area is 79.0 Å². The SMILES string of the molecule is CCCCCCCCOOOC=O. The van der Waals surface area contributed by atoms with Crippen LogP contribution in [0.15, 0.2) is 0 Å². The summed E-state index contributed by atoms with van der Waals surface area (Å²) in [5, 5.41) is 4.04. The van der Waals surface area contributed by atoms with Gasteiger partial charge in [-0.2, -0.15) is 4.89 Å². The molecule has 0 radical (unpaired) electrons. The first kappa shape index (κ1) is 12.4. The molecule has 0 heterocycles. The molecule has 0 unspecified atom stereocenters. The monoisotopic (exact) mass is 190 g/mol. The third-order valence-corrected chi connectivity index (χ3v) is 1.71. The van der Waals surface area contributed by atoms with E-state index in [0.29, 0.717) is 6.61 Å². The molecule has 78 valence electrons. The summed E-state index contributed by atoms with van der Waals surface area (Å²) in [6.07, 6.45) is 7.13. The lowest BCUT2D eigenvalue weighted by Gasteiger charge is -2.00. The van der Waals surface area contributed by atoms with Crippen molar-refractivity contribution in [2.24, 2.45) is 0 Å². The normalized spacial score (nSPS) is 9.92. The van der Waals surface area contributed by atoms with E-state index >= 15 is 0 Å². The van der Waals surface area contributed by atoms with Crippen molar-refractivity contribution in [1.29, 1.82) is 0 Å². The quantitative estimate of drug-likeness (QED) is 0.229. The van der Waals surface area contributed by atoms with E-state index in [0.717, 1.165) is 12.8 Å². The summed E-state index contributed by atoms with van der Waals surface area (Å²) in [7, 11) is 0. The molecule has 0 aliphatic heterocycles. The summed E-state index contributed by atoms with van der Waals surface area (Å²) < 4.78 is 0. The fourth-order valence-electron chi connectivity index (χ4n) is 1.02. The van der Waals surface area contributed by atoms with E-state index in [2.05, 4.69) is 21.7 Å². The topological polar surface area (TPSA) is 44.8 Å². The molecule has 4 nitrogen and oxygen atoms in total. The van der Waals surface area contributed by atoms with Crippen molar-refractivity contribution >= 4 is 6.47 Å². The lowest BCUT2D eigenvalue weighted by Crippen LogP contribution is -1.97. The molecule has 0 aromatic carbocycles. The summed E-state index contributed by atoms with van der Waals surface area (Å²) >= 11 is 0. The van der Waals surface area contributed by atoms with E-state index < -0.39 is 0 Å². The number of hydrogen-bond acceptors (Lipinski definition) is 4. The van der Waals surface area contributed by atoms with Crippen LogP contribution in [0, 0.1) is 0 Å². The lowest BCUT2D eigenvalue weighted by atomic mass is 10.1. The van der Waals surface area contributed by atoms with Crippen LogP contribution in [0.3, 0.4) is 0 Å². The first-order chi connectivity index (χ1) is 6.41. The largest absolute Gasteiger partial charge is 0.334 e. The Morgan fingerprint density at radius 1 is 1.08 bits per heavy atom. The van der Waals surface area contributed by atoms with Crippen LogP contribution in [-0.2, 0) is 19.6 Å². The molecule has 0 amide bonds. The van der Waals surface area contributed by atoms with Gasteiger partial charge in [0, 0.05) is 0 Å². The first-order valence-corrected chi connectivity index (χ1v) is 4.80. The van der Waals surface area contributed by atoms with Crippen LogP contribution in [0.4, 0.5) is 0 Å². The Balaban J connectivity index is 2.79. The van der Waals surface area contributed by atoms with E-state index in [1.807, 2.05) is 0 Å². The number of carbonyl (C=O) groups excluding carboxylic acids is 1. The van der Waals surface area contributed by atoms with Crippen LogP contribution in [0.25, 0.3) is 0 Å². The fraction of sp³-hybridized carbons (Fsp3) is 0.889. The molecular weight excluding hydrogens is 172 g/mol. The van der Waals surface area contributed by atoms with E-state index in [1.165, 1.54) is 25.7 Å². The number of rotatable bonds is 10. The summed E-state index contributed by atoms with van der Waals surface area (Å²) in [4.78, 5) is 18.0. The Hall–Kier alpha value is -0.610. The highest BCUT2D eigenvalue weighted by molar-refractivity contribution is 5.35.